The third kappa shape index (κ3) is 2.15. The summed E-state index contributed by atoms with van der Waals surface area (Å²) in [6.07, 6.45) is 3.36. The van der Waals surface area contributed by atoms with Crippen LogP contribution in [-0.4, -0.2) is 25.5 Å². The molecule has 0 aliphatic rings. The van der Waals surface area contributed by atoms with Crippen molar-refractivity contribution in [3.05, 3.63) is 64.8 Å². The van der Waals surface area contributed by atoms with Gasteiger partial charge < -0.3 is 10.7 Å². The van der Waals surface area contributed by atoms with Crippen molar-refractivity contribution in [1.29, 1.82) is 0 Å². The molecule has 7 heteroatoms. The van der Waals surface area contributed by atoms with Crippen LogP contribution in [0.15, 0.2) is 53.6 Å². The number of aromatic amines is 1. The van der Waals surface area contributed by atoms with Crippen molar-refractivity contribution in [1.82, 2.24) is 19.6 Å². The first-order valence-corrected chi connectivity index (χ1v) is 6.89. The summed E-state index contributed by atoms with van der Waals surface area (Å²) < 4.78 is 1.36. The fourth-order valence-electron chi connectivity index (χ4n) is 2.50. The molecule has 0 fully saturated rings. The number of nitrogens with one attached hydrogen (secondary N) is 1. The molecule has 0 atom stereocenters. The van der Waals surface area contributed by atoms with Crippen molar-refractivity contribution in [2.45, 2.75) is 0 Å². The summed E-state index contributed by atoms with van der Waals surface area (Å²) in [4.78, 5) is 30.5. The smallest absolute Gasteiger partial charge is 0.274 e. The number of H-pyrrole nitrogens is 1. The van der Waals surface area contributed by atoms with Crippen LogP contribution in [0.25, 0.3) is 27.7 Å². The zero-order valence-electron chi connectivity index (χ0n) is 11.9. The van der Waals surface area contributed by atoms with E-state index in [0.717, 1.165) is 16.5 Å². The number of nitrogens with zero attached hydrogens (tertiary/aromatic N) is 3. The van der Waals surface area contributed by atoms with E-state index in [1.54, 1.807) is 12.4 Å². The van der Waals surface area contributed by atoms with Gasteiger partial charge in [0.1, 0.15) is 5.52 Å². The normalized spacial score (nSPS) is 11.1. The molecule has 7 nitrogen and oxygen atoms in total. The van der Waals surface area contributed by atoms with E-state index in [2.05, 4.69) is 15.1 Å². The number of primary amides is 1. The Kier molecular flexibility index (Phi) is 2.74. The van der Waals surface area contributed by atoms with Crippen LogP contribution in [0.3, 0.4) is 0 Å². The first-order chi connectivity index (χ1) is 11.1. The number of hydrogen-bond acceptors (Lipinski definition) is 4. The maximum atomic E-state index is 12.2. The lowest BCUT2D eigenvalue weighted by Crippen LogP contribution is -2.11. The second-order valence-electron chi connectivity index (χ2n) is 5.13. The summed E-state index contributed by atoms with van der Waals surface area (Å²) in [6, 6.07) is 10.9. The molecule has 0 saturated carbocycles. The molecule has 1 aromatic carbocycles. The van der Waals surface area contributed by atoms with E-state index in [0.29, 0.717) is 5.69 Å². The molecule has 1 amide bonds. The van der Waals surface area contributed by atoms with Gasteiger partial charge in [0.25, 0.3) is 11.5 Å². The molecule has 4 aromatic rings. The van der Waals surface area contributed by atoms with Gasteiger partial charge in [0.15, 0.2) is 5.69 Å². The van der Waals surface area contributed by atoms with Crippen LogP contribution in [0.4, 0.5) is 0 Å². The number of nitrogens with two attached hydrogens (primary N) is 1. The van der Waals surface area contributed by atoms with Crippen molar-refractivity contribution in [3.8, 4) is 11.3 Å². The SMILES string of the molecule is NC(=O)c1cc2c(=O)[nH]c(-c3ccc4cccnc4c3)cn2n1. The quantitative estimate of drug-likeness (QED) is 0.582. The van der Waals surface area contributed by atoms with E-state index in [9.17, 15) is 9.59 Å². The number of aromatic nitrogens is 4. The van der Waals surface area contributed by atoms with Crippen molar-refractivity contribution in [2.24, 2.45) is 5.73 Å². The molecular formula is C16H11N5O2. The monoisotopic (exact) mass is 305 g/mol. The molecule has 0 radical (unpaired) electrons. The maximum Gasteiger partial charge on any atom is 0.274 e. The van der Waals surface area contributed by atoms with Crippen LogP contribution in [0.1, 0.15) is 10.5 Å². The molecule has 4 rings (SSSR count). The minimum atomic E-state index is -0.676. The van der Waals surface area contributed by atoms with Crippen LogP contribution in [-0.2, 0) is 0 Å². The molecule has 0 spiro atoms. The van der Waals surface area contributed by atoms with Crippen LogP contribution in [0.5, 0.6) is 0 Å². The Balaban J connectivity index is 1.93. The van der Waals surface area contributed by atoms with E-state index >= 15 is 0 Å². The van der Waals surface area contributed by atoms with Gasteiger partial charge >= 0.3 is 0 Å². The third-order valence-corrected chi connectivity index (χ3v) is 3.64. The average Bonchev–Trinajstić information content (AvgIpc) is 2.99. The lowest BCUT2D eigenvalue weighted by Gasteiger charge is -2.04. The zero-order valence-corrected chi connectivity index (χ0v) is 11.9. The number of benzene rings is 1. The standard InChI is InChI=1S/C16H11N5O2/c17-15(22)12-7-14-16(23)19-13(8-21(14)20-12)10-4-3-9-2-1-5-18-11(9)6-10/h1-8H,(H2,17,22)(H,19,23). The van der Waals surface area contributed by atoms with Crippen LogP contribution >= 0.6 is 0 Å². The first-order valence-electron chi connectivity index (χ1n) is 6.89. The second-order valence-corrected chi connectivity index (χ2v) is 5.13. The van der Waals surface area contributed by atoms with Gasteiger partial charge in [-0.05, 0) is 12.1 Å². The predicted molar refractivity (Wildman–Crippen MR) is 85.1 cm³/mol. The largest absolute Gasteiger partial charge is 0.364 e. The third-order valence-electron chi connectivity index (χ3n) is 3.64. The molecule has 0 saturated heterocycles. The highest BCUT2D eigenvalue weighted by Gasteiger charge is 2.11. The highest BCUT2D eigenvalue weighted by Crippen LogP contribution is 2.21. The fourth-order valence-corrected chi connectivity index (χ4v) is 2.50. The second kappa shape index (κ2) is 4.77. The van der Waals surface area contributed by atoms with Crippen molar-refractivity contribution in [3.63, 3.8) is 0 Å². The Morgan fingerprint density at radius 2 is 2.09 bits per heavy atom. The molecule has 0 unspecified atom stereocenters. The van der Waals surface area contributed by atoms with E-state index in [-0.39, 0.29) is 16.8 Å². The van der Waals surface area contributed by atoms with Crippen molar-refractivity contribution in [2.75, 3.05) is 0 Å². The van der Waals surface area contributed by atoms with Gasteiger partial charge in [0.2, 0.25) is 0 Å². The summed E-state index contributed by atoms with van der Waals surface area (Å²) in [7, 11) is 0. The molecule has 0 aliphatic heterocycles. The Labute approximate surface area is 129 Å². The molecule has 112 valence electrons. The number of fused-ring (bicyclic) bond motifs is 2. The summed E-state index contributed by atoms with van der Waals surface area (Å²) in [5, 5.41) is 5.04. The van der Waals surface area contributed by atoms with E-state index in [1.165, 1.54) is 10.6 Å². The summed E-state index contributed by atoms with van der Waals surface area (Å²) in [6.45, 7) is 0. The topological polar surface area (TPSA) is 106 Å². The Morgan fingerprint density at radius 1 is 1.22 bits per heavy atom. The minimum absolute atomic E-state index is 0.0489. The number of carbonyl (C=O) groups is 1. The predicted octanol–water partition coefficient (Wildman–Crippen LogP) is 1.34. The summed E-state index contributed by atoms with van der Waals surface area (Å²) >= 11 is 0. The molecule has 0 aliphatic carbocycles. The molecular weight excluding hydrogens is 294 g/mol. The van der Waals surface area contributed by atoms with Crippen LogP contribution in [0.2, 0.25) is 0 Å². The van der Waals surface area contributed by atoms with Gasteiger partial charge in [-0.25, -0.2) is 4.52 Å². The number of carbonyl (C=O) groups excluding carboxylic acids is 1. The van der Waals surface area contributed by atoms with E-state index in [1.807, 2.05) is 30.3 Å². The average molecular weight is 305 g/mol. The minimum Gasteiger partial charge on any atom is -0.364 e. The molecule has 0 bridgehead atoms. The highest BCUT2D eigenvalue weighted by molar-refractivity contribution is 5.92. The number of hydrogen-bond donors (Lipinski definition) is 2. The van der Waals surface area contributed by atoms with Crippen molar-refractivity contribution >= 4 is 22.3 Å². The zero-order chi connectivity index (χ0) is 16.0. The molecule has 3 N–H and O–H groups in total. The van der Waals surface area contributed by atoms with Crippen LogP contribution < -0.4 is 11.3 Å². The summed E-state index contributed by atoms with van der Waals surface area (Å²) in [5.41, 5.74) is 7.37. The van der Waals surface area contributed by atoms with E-state index < -0.39 is 5.91 Å². The van der Waals surface area contributed by atoms with Crippen molar-refractivity contribution < 1.29 is 4.79 Å². The maximum absolute atomic E-state index is 12.2. The Morgan fingerprint density at radius 3 is 2.91 bits per heavy atom. The molecule has 23 heavy (non-hydrogen) atoms. The lowest BCUT2D eigenvalue weighted by atomic mass is 10.1. The fraction of sp³-hybridized carbons (Fsp3) is 0. The molecule has 3 heterocycles. The number of pyridine rings is 1. The Bertz CT molecular complexity index is 1130. The number of amides is 1. The lowest BCUT2D eigenvalue weighted by molar-refractivity contribution is 0.0995. The van der Waals surface area contributed by atoms with Crippen LogP contribution in [0, 0.1) is 0 Å². The van der Waals surface area contributed by atoms with Gasteiger partial charge in [0.05, 0.1) is 17.4 Å². The Hall–Kier alpha value is -3.48. The van der Waals surface area contributed by atoms with Gasteiger partial charge in [-0.3, -0.25) is 14.6 Å². The van der Waals surface area contributed by atoms with E-state index in [4.69, 9.17) is 5.73 Å². The van der Waals surface area contributed by atoms with Gasteiger partial charge in [-0.2, -0.15) is 5.10 Å². The first kappa shape index (κ1) is 13.2. The number of rotatable bonds is 2. The molecule has 3 aromatic heterocycles. The highest BCUT2D eigenvalue weighted by atomic mass is 16.1. The van der Waals surface area contributed by atoms with Gasteiger partial charge in [-0.15, -0.1) is 0 Å². The van der Waals surface area contributed by atoms with Gasteiger partial charge in [-0.1, -0.05) is 18.2 Å². The summed E-state index contributed by atoms with van der Waals surface area (Å²) in [5.74, 6) is -0.676. The van der Waals surface area contributed by atoms with Gasteiger partial charge in [0, 0.05) is 23.2 Å².